The predicted octanol–water partition coefficient (Wildman–Crippen LogP) is 3.84. The first-order valence-corrected chi connectivity index (χ1v) is 8.06. The molecule has 1 aliphatic heterocycles. The lowest BCUT2D eigenvalue weighted by molar-refractivity contribution is -0.137. The predicted molar refractivity (Wildman–Crippen MR) is 84.3 cm³/mol. The molecule has 8 heteroatoms. The molecule has 0 saturated carbocycles. The number of benzene rings is 1. The van der Waals surface area contributed by atoms with Crippen LogP contribution in [0.4, 0.5) is 13.2 Å². The van der Waals surface area contributed by atoms with E-state index in [9.17, 15) is 13.2 Å². The second-order valence-electron chi connectivity index (χ2n) is 5.55. The van der Waals surface area contributed by atoms with Crippen LogP contribution < -0.4 is 10.1 Å². The molecular formula is C16H17ClF3N3O. The Labute approximate surface area is 142 Å². The van der Waals surface area contributed by atoms with Crippen molar-refractivity contribution in [1.29, 1.82) is 0 Å². The van der Waals surface area contributed by atoms with Crippen molar-refractivity contribution in [3.63, 3.8) is 0 Å². The number of halogens is 4. The number of fused-ring (bicyclic) bond motifs is 1. The molecule has 0 bridgehead atoms. The molecule has 1 atom stereocenters. The molecule has 0 radical (unpaired) electrons. The van der Waals surface area contributed by atoms with Crippen LogP contribution in [0.3, 0.4) is 0 Å². The van der Waals surface area contributed by atoms with Gasteiger partial charge in [-0.2, -0.15) is 13.2 Å². The fourth-order valence-electron chi connectivity index (χ4n) is 2.86. The molecule has 0 saturated heterocycles. The van der Waals surface area contributed by atoms with Crippen molar-refractivity contribution in [2.24, 2.45) is 0 Å². The summed E-state index contributed by atoms with van der Waals surface area (Å²) in [6, 6.07) is 4.64. The Kier molecular flexibility index (Phi) is 4.73. The van der Waals surface area contributed by atoms with Gasteiger partial charge in [0, 0.05) is 19.5 Å². The van der Waals surface area contributed by atoms with Crippen LogP contribution in [-0.4, -0.2) is 22.7 Å². The van der Waals surface area contributed by atoms with Crippen molar-refractivity contribution in [3.05, 3.63) is 46.5 Å². The number of hydrogen-bond donors (Lipinski definition) is 1. The molecule has 0 aliphatic carbocycles. The summed E-state index contributed by atoms with van der Waals surface area (Å²) >= 11 is 6.23. The van der Waals surface area contributed by atoms with Crippen molar-refractivity contribution in [3.8, 4) is 5.75 Å². The number of nitrogens with zero attached hydrogens (tertiary/aromatic N) is 2. The number of ether oxygens (including phenoxy) is 1. The normalized spacial score (nSPS) is 17.6. The molecule has 2 aromatic rings. The standard InChI is InChI=1S/C16H17ClF3N3O/c1-2-13-22-15(17)14-12(21-6-7-23(13)14)9-24-11-5-3-4-10(8-11)16(18,19)20/h3-5,8,12,21H,2,6-7,9H2,1H3. The first kappa shape index (κ1) is 17.1. The highest BCUT2D eigenvalue weighted by molar-refractivity contribution is 6.30. The van der Waals surface area contributed by atoms with Crippen LogP contribution in [0.2, 0.25) is 5.15 Å². The van der Waals surface area contributed by atoms with Gasteiger partial charge in [-0.3, -0.25) is 0 Å². The number of hydrogen-bond acceptors (Lipinski definition) is 3. The first-order chi connectivity index (χ1) is 11.4. The summed E-state index contributed by atoms with van der Waals surface area (Å²) in [5, 5.41) is 3.69. The zero-order chi connectivity index (χ0) is 17.3. The van der Waals surface area contributed by atoms with Crippen molar-refractivity contribution < 1.29 is 17.9 Å². The summed E-state index contributed by atoms with van der Waals surface area (Å²) in [5.74, 6) is 1.08. The Balaban J connectivity index is 1.76. The summed E-state index contributed by atoms with van der Waals surface area (Å²) < 4.78 is 45.9. The molecule has 3 rings (SSSR count). The maximum absolute atomic E-state index is 12.8. The molecule has 24 heavy (non-hydrogen) atoms. The summed E-state index contributed by atoms with van der Waals surface area (Å²) in [6.45, 7) is 3.67. The van der Waals surface area contributed by atoms with E-state index in [1.165, 1.54) is 12.1 Å². The molecule has 0 amide bonds. The molecule has 4 nitrogen and oxygen atoms in total. The minimum Gasteiger partial charge on any atom is -0.492 e. The molecular weight excluding hydrogens is 343 g/mol. The van der Waals surface area contributed by atoms with Gasteiger partial charge < -0.3 is 14.6 Å². The van der Waals surface area contributed by atoms with E-state index in [1.807, 2.05) is 6.92 Å². The van der Waals surface area contributed by atoms with Crippen molar-refractivity contribution in [2.45, 2.75) is 32.1 Å². The third-order valence-electron chi connectivity index (χ3n) is 3.99. The quantitative estimate of drug-likeness (QED) is 0.901. The van der Waals surface area contributed by atoms with Gasteiger partial charge in [0.05, 0.1) is 17.3 Å². The van der Waals surface area contributed by atoms with Crippen LogP contribution in [0.5, 0.6) is 5.75 Å². The van der Waals surface area contributed by atoms with Gasteiger partial charge in [0.2, 0.25) is 0 Å². The lowest BCUT2D eigenvalue weighted by Gasteiger charge is -2.27. The average molecular weight is 360 g/mol. The van der Waals surface area contributed by atoms with Gasteiger partial charge in [0.1, 0.15) is 18.2 Å². The largest absolute Gasteiger partial charge is 0.492 e. The topological polar surface area (TPSA) is 39.1 Å². The second-order valence-corrected chi connectivity index (χ2v) is 5.91. The number of imidazole rings is 1. The maximum Gasteiger partial charge on any atom is 0.416 e. The van der Waals surface area contributed by atoms with Gasteiger partial charge in [-0.1, -0.05) is 24.6 Å². The molecule has 130 valence electrons. The van der Waals surface area contributed by atoms with E-state index in [2.05, 4.69) is 14.9 Å². The van der Waals surface area contributed by atoms with Gasteiger partial charge in [0.25, 0.3) is 0 Å². The van der Waals surface area contributed by atoms with E-state index in [1.54, 1.807) is 0 Å². The van der Waals surface area contributed by atoms with Crippen molar-refractivity contribution in [2.75, 3.05) is 13.2 Å². The van der Waals surface area contributed by atoms with E-state index >= 15 is 0 Å². The number of alkyl halides is 3. The molecule has 0 spiro atoms. The van der Waals surface area contributed by atoms with Crippen LogP contribution in [0.1, 0.15) is 30.0 Å². The Bertz CT molecular complexity index is 730. The fraction of sp³-hybridized carbons (Fsp3) is 0.438. The monoisotopic (exact) mass is 359 g/mol. The smallest absolute Gasteiger partial charge is 0.416 e. The SMILES string of the molecule is CCc1nc(Cl)c2n1CCNC2COc1cccc(C(F)(F)F)c1. The molecule has 1 aromatic carbocycles. The van der Waals surface area contributed by atoms with E-state index in [-0.39, 0.29) is 18.4 Å². The van der Waals surface area contributed by atoms with E-state index in [0.717, 1.165) is 43.2 Å². The van der Waals surface area contributed by atoms with Gasteiger partial charge in [-0.05, 0) is 18.2 Å². The molecule has 2 heterocycles. The van der Waals surface area contributed by atoms with Gasteiger partial charge in [-0.15, -0.1) is 0 Å². The maximum atomic E-state index is 12.8. The van der Waals surface area contributed by atoms with Crippen molar-refractivity contribution >= 4 is 11.6 Å². The summed E-state index contributed by atoms with van der Waals surface area (Å²) in [6.07, 6.45) is -3.62. The van der Waals surface area contributed by atoms with E-state index in [4.69, 9.17) is 16.3 Å². The third kappa shape index (κ3) is 3.37. The zero-order valence-electron chi connectivity index (χ0n) is 13.0. The second kappa shape index (κ2) is 6.64. The van der Waals surface area contributed by atoms with Crippen LogP contribution in [0, 0.1) is 0 Å². The Morgan fingerprint density at radius 3 is 2.92 bits per heavy atom. The number of aryl methyl sites for hydroxylation is 1. The number of aromatic nitrogens is 2. The fourth-order valence-corrected chi connectivity index (χ4v) is 3.19. The van der Waals surface area contributed by atoms with Gasteiger partial charge >= 0.3 is 6.18 Å². The molecule has 1 N–H and O–H groups in total. The molecule has 1 aliphatic rings. The molecule has 1 aromatic heterocycles. The highest BCUT2D eigenvalue weighted by atomic mass is 35.5. The lowest BCUT2D eigenvalue weighted by Crippen LogP contribution is -2.37. The van der Waals surface area contributed by atoms with Crippen LogP contribution in [-0.2, 0) is 19.1 Å². The molecule has 0 fully saturated rings. The zero-order valence-corrected chi connectivity index (χ0v) is 13.8. The minimum atomic E-state index is -4.39. The Morgan fingerprint density at radius 2 is 2.21 bits per heavy atom. The Morgan fingerprint density at radius 1 is 1.42 bits per heavy atom. The summed E-state index contributed by atoms with van der Waals surface area (Å²) in [5.41, 5.74) is 0.0969. The van der Waals surface area contributed by atoms with Crippen LogP contribution in [0.25, 0.3) is 0 Å². The number of nitrogens with one attached hydrogen (secondary N) is 1. The summed E-state index contributed by atoms with van der Waals surface area (Å²) in [4.78, 5) is 4.35. The van der Waals surface area contributed by atoms with E-state index < -0.39 is 11.7 Å². The van der Waals surface area contributed by atoms with Crippen LogP contribution >= 0.6 is 11.6 Å². The number of rotatable bonds is 4. The lowest BCUT2D eigenvalue weighted by atomic mass is 10.2. The minimum absolute atomic E-state index is 0.176. The van der Waals surface area contributed by atoms with Gasteiger partial charge in [0.15, 0.2) is 5.15 Å². The summed E-state index contributed by atoms with van der Waals surface area (Å²) in [7, 11) is 0. The third-order valence-corrected chi connectivity index (χ3v) is 4.27. The highest BCUT2D eigenvalue weighted by Gasteiger charge is 2.31. The first-order valence-electron chi connectivity index (χ1n) is 7.68. The van der Waals surface area contributed by atoms with Gasteiger partial charge in [-0.25, -0.2) is 4.98 Å². The average Bonchev–Trinajstić information content (AvgIpc) is 2.89. The Hall–Kier alpha value is -1.73. The van der Waals surface area contributed by atoms with E-state index in [0.29, 0.717) is 5.15 Å². The highest BCUT2D eigenvalue weighted by Crippen LogP contribution is 2.32. The molecule has 1 unspecified atom stereocenters. The van der Waals surface area contributed by atoms with Crippen molar-refractivity contribution in [1.82, 2.24) is 14.9 Å². The van der Waals surface area contributed by atoms with Crippen LogP contribution in [0.15, 0.2) is 24.3 Å².